The van der Waals surface area contributed by atoms with Gasteiger partial charge in [0.15, 0.2) is 0 Å². The Bertz CT molecular complexity index is 288. The van der Waals surface area contributed by atoms with Crippen molar-refractivity contribution in [1.29, 1.82) is 0 Å². The zero-order valence-electron chi connectivity index (χ0n) is 5.44. The van der Waals surface area contributed by atoms with E-state index in [4.69, 9.17) is 0 Å². The molecule has 2 nitrogen and oxygen atoms in total. The minimum Gasteiger partial charge on any atom is -0.345 e. The van der Waals surface area contributed by atoms with Crippen LogP contribution in [-0.4, -0.2) is 9.97 Å². The Kier molecular flexibility index (Phi) is 5.01. The first-order valence-corrected chi connectivity index (χ1v) is 2.85. The van der Waals surface area contributed by atoms with Crippen LogP contribution in [0.4, 0.5) is 0 Å². The Morgan fingerprint density at radius 1 is 1.09 bits per heavy atom. The molecule has 0 atom stereocenters. The Balaban J connectivity index is 0.000000500. The molecule has 0 unspecified atom stereocenters. The molecule has 0 aliphatic heterocycles. The second-order valence-corrected chi connectivity index (χ2v) is 1.92. The number of benzene rings is 1. The summed E-state index contributed by atoms with van der Waals surface area (Å²) >= 11 is 0. The zero-order valence-corrected chi connectivity index (χ0v) is 8.40. The summed E-state index contributed by atoms with van der Waals surface area (Å²) in [5.41, 5.74) is 2.12. The van der Waals surface area contributed by atoms with Crippen molar-refractivity contribution in [2.75, 3.05) is 0 Å². The van der Waals surface area contributed by atoms with Gasteiger partial charge in [-0.3, -0.25) is 0 Å². The Hall–Kier alpha value is 0.171. The molecular formula is C7H6Ag2N2+2. The van der Waals surface area contributed by atoms with Crippen molar-refractivity contribution in [1.82, 2.24) is 9.97 Å². The molecule has 1 heterocycles. The van der Waals surface area contributed by atoms with E-state index in [0.717, 1.165) is 11.0 Å². The van der Waals surface area contributed by atoms with Crippen molar-refractivity contribution >= 4 is 11.0 Å². The van der Waals surface area contributed by atoms with Crippen LogP contribution in [0.5, 0.6) is 0 Å². The molecule has 0 fully saturated rings. The number of hydrogen-bond donors (Lipinski definition) is 1. The first-order valence-electron chi connectivity index (χ1n) is 2.85. The third kappa shape index (κ3) is 2.30. The minimum absolute atomic E-state index is 0. The van der Waals surface area contributed by atoms with Crippen LogP contribution >= 0.6 is 0 Å². The fraction of sp³-hybridized carbons (Fsp3) is 0. The predicted octanol–water partition coefficient (Wildman–Crippen LogP) is 1.56. The first-order chi connectivity index (χ1) is 4.47. The van der Waals surface area contributed by atoms with Crippen molar-refractivity contribution in [2.24, 2.45) is 0 Å². The maximum atomic E-state index is 4.06. The summed E-state index contributed by atoms with van der Waals surface area (Å²) in [7, 11) is 0. The van der Waals surface area contributed by atoms with E-state index in [1.165, 1.54) is 0 Å². The van der Waals surface area contributed by atoms with Crippen LogP contribution in [0.3, 0.4) is 0 Å². The summed E-state index contributed by atoms with van der Waals surface area (Å²) in [4.78, 5) is 7.07. The van der Waals surface area contributed by atoms with E-state index in [9.17, 15) is 0 Å². The van der Waals surface area contributed by atoms with E-state index < -0.39 is 0 Å². The quantitative estimate of drug-likeness (QED) is 0.728. The molecule has 0 aliphatic rings. The van der Waals surface area contributed by atoms with Gasteiger partial charge in [-0.25, -0.2) is 4.98 Å². The van der Waals surface area contributed by atoms with Crippen LogP contribution in [0.2, 0.25) is 0 Å². The molecule has 0 spiro atoms. The molecule has 1 aromatic heterocycles. The fourth-order valence-electron chi connectivity index (χ4n) is 0.880. The molecule has 2 rings (SSSR count). The van der Waals surface area contributed by atoms with Gasteiger partial charge in [0, 0.05) is 0 Å². The Labute approximate surface area is 95.8 Å². The number of aromatic nitrogens is 2. The maximum Gasteiger partial charge on any atom is 1.00 e. The van der Waals surface area contributed by atoms with Crippen molar-refractivity contribution < 1.29 is 44.8 Å². The topological polar surface area (TPSA) is 28.7 Å². The summed E-state index contributed by atoms with van der Waals surface area (Å²) < 4.78 is 0. The molecule has 0 radical (unpaired) electrons. The van der Waals surface area contributed by atoms with Crippen molar-refractivity contribution in [3.05, 3.63) is 30.6 Å². The largest absolute Gasteiger partial charge is 1.00 e. The van der Waals surface area contributed by atoms with Gasteiger partial charge >= 0.3 is 44.8 Å². The standard InChI is InChI=1S/C7H6N2.2Ag/c1-2-4-7-6(3-1)8-5-9-7;;/h1-5H,(H,8,9);;/q;2*+1. The number of rotatable bonds is 0. The Morgan fingerprint density at radius 2 is 1.82 bits per heavy atom. The molecule has 0 saturated carbocycles. The van der Waals surface area contributed by atoms with E-state index >= 15 is 0 Å². The third-order valence-electron chi connectivity index (χ3n) is 1.33. The smallest absolute Gasteiger partial charge is 0.345 e. The Morgan fingerprint density at radius 3 is 2.55 bits per heavy atom. The van der Waals surface area contributed by atoms with Crippen LogP contribution in [-0.2, 0) is 44.8 Å². The van der Waals surface area contributed by atoms with Gasteiger partial charge in [0.05, 0.1) is 17.4 Å². The van der Waals surface area contributed by atoms with Crippen LogP contribution in [0.15, 0.2) is 30.6 Å². The van der Waals surface area contributed by atoms with Crippen molar-refractivity contribution in [3.63, 3.8) is 0 Å². The number of aromatic amines is 1. The van der Waals surface area contributed by atoms with Crippen LogP contribution in [0.1, 0.15) is 0 Å². The summed E-state index contributed by atoms with van der Waals surface area (Å²) in [5.74, 6) is 0. The van der Waals surface area contributed by atoms with Gasteiger partial charge in [-0.2, -0.15) is 0 Å². The number of imidazole rings is 1. The molecule has 64 valence electrons. The van der Waals surface area contributed by atoms with E-state index in [1.54, 1.807) is 6.33 Å². The molecule has 0 aliphatic carbocycles. The van der Waals surface area contributed by atoms with Gasteiger partial charge in [-0.1, -0.05) is 12.1 Å². The molecule has 11 heavy (non-hydrogen) atoms. The number of hydrogen-bond acceptors (Lipinski definition) is 1. The first kappa shape index (κ1) is 11.2. The van der Waals surface area contributed by atoms with Crippen molar-refractivity contribution in [3.8, 4) is 0 Å². The SMILES string of the molecule is [Ag+].[Ag+].c1ccc2[nH]cnc2c1. The molecule has 0 amide bonds. The zero-order chi connectivity index (χ0) is 6.10. The minimum atomic E-state index is 0. The normalized spacial score (nSPS) is 8.36. The second-order valence-electron chi connectivity index (χ2n) is 1.92. The summed E-state index contributed by atoms with van der Waals surface area (Å²) in [6.45, 7) is 0. The molecule has 1 N–H and O–H groups in total. The van der Waals surface area contributed by atoms with E-state index in [0.29, 0.717) is 0 Å². The van der Waals surface area contributed by atoms with Crippen molar-refractivity contribution in [2.45, 2.75) is 0 Å². The number of H-pyrrole nitrogens is 1. The van der Waals surface area contributed by atoms with Gasteiger partial charge in [-0.05, 0) is 12.1 Å². The number of para-hydroxylation sites is 2. The average molecular weight is 334 g/mol. The summed E-state index contributed by atoms with van der Waals surface area (Å²) in [6.07, 6.45) is 1.70. The van der Waals surface area contributed by atoms with E-state index in [-0.39, 0.29) is 44.8 Å². The van der Waals surface area contributed by atoms with Gasteiger partial charge in [0.1, 0.15) is 0 Å². The summed E-state index contributed by atoms with van der Waals surface area (Å²) in [6, 6.07) is 7.94. The molecule has 0 saturated heterocycles. The van der Waals surface area contributed by atoms with Gasteiger partial charge < -0.3 is 4.98 Å². The molecule has 1 aromatic carbocycles. The average Bonchev–Trinajstić information content (AvgIpc) is 2.33. The number of nitrogens with one attached hydrogen (secondary N) is 1. The number of nitrogens with zero attached hydrogens (tertiary/aromatic N) is 1. The van der Waals surface area contributed by atoms with Gasteiger partial charge in [-0.15, -0.1) is 0 Å². The summed E-state index contributed by atoms with van der Waals surface area (Å²) in [5, 5.41) is 0. The van der Waals surface area contributed by atoms with Gasteiger partial charge in [0.2, 0.25) is 0 Å². The number of fused-ring (bicyclic) bond motifs is 1. The monoisotopic (exact) mass is 332 g/mol. The molecule has 0 bridgehead atoms. The predicted molar refractivity (Wildman–Crippen MR) is 36.1 cm³/mol. The van der Waals surface area contributed by atoms with Crippen LogP contribution in [0, 0.1) is 0 Å². The maximum absolute atomic E-state index is 4.06. The fourth-order valence-corrected chi connectivity index (χ4v) is 0.880. The van der Waals surface area contributed by atoms with Gasteiger partial charge in [0.25, 0.3) is 0 Å². The molecule has 4 heteroatoms. The third-order valence-corrected chi connectivity index (χ3v) is 1.33. The van der Waals surface area contributed by atoms with Crippen LogP contribution < -0.4 is 0 Å². The van der Waals surface area contributed by atoms with E-state index in [2.05, 4.69) is 9.97 Å². The molecular weight excluding hydrogens is 328 g/mol. The molecule has 2 aromatic rings. The van der Waals surface area contributed by atoms with E-state index in [1.807, 2.05) is 24.3 Å². The van der Waals surface area contributed by atoms with Crippen LogP contribution in [0.25, 0.3) is 11.0 Å². The second kappa shape index (κ2) is 4.93.